The minimum Gasteiger partial charge on any atom is -0.369 e. The average molecular weight is 404 g/mol. The third-order valence-corrected chi connectivity index (χ3v) is 6.17. The van der Waals surface area contributed by atoms with Crippen molar-refractivity contribution in [3.8, 4) is 0 Å². The molecule has 1 amide bonds. The number of hydrogen-bond donors (Lipinski definition) is 1. The lowest BCUT2D eigenvalue weighted by atomic mass is 10.1. The Balaban J connectivity index is 1.60. The zero-order valence-electron chi connectivity index (χ0n) is 16.0. The summed E-state index contributed by atoms with van der Waals surface area (Å²) in [7, 11) is 2.16. The highest BCUT2D eigenvalue weighted by Crippen LogP contribution is 2.27. The topological polar surface area (TPSA) is 35.6 Å². The molecule has 0 radical (unpaired) electrons. The standard InChI is InChI=1S/C21H26ClN3OS/c1-15-14-18(6-9-20(15)25-12-10-24(3)11-13-25)23-21(26)16(2)27-19-7-4-17(22)5-8-19/h4-9,14,16H,10-13H2,1-3H3,(H,23,26). The number of halogens is 1. The smallest absolute Gasteiger partial charge is 0.237 e. The molecule has 0 aromatic heterocycles. The van der Waals surface area contributed by atoms with E-state index < -0.39 is 0 Å². The molecule has 0 saturated carbocycles. The van der Waals surface area contributed by atoms with E-state index in [0.717, 1.165) is 36.8 Å². The van der Waals surface area contributed by atoms with Crippen LogP contribution in [0.3, 0.4) is 0 Å². The van der Waals surface area contributed by atoms with Gasteiger partial charge in [0.2, 0.25) is 5.91 Å². The van der Waals surface area contributed by atoms with Crippen molar-refractivity contribution in [3.63, 3.8) is 0 Å². The summed E-state index contributed by atoms with van der Waals surface area (Å²) in [4.78, 5) is 18.3. The van der Waals surface area contributed by atoms with Crippen molar-refractivity contribution in [1.29, 1.82) is 0 Å². The van der Waals surface area contributed by atoms with E-state index >= 15 is 0 Å². The van der Waals surface area contributed by atoms with Gasteiger partial charge in [-0.1, -0.05) is 11.6 Å². The van der Waals surface area contributed by atoms with Gasteiger partial charge in [0.1, 0.15) is 0 Å². The van der Waals surface area contributed by atoms with Crippen LogP contribution in [0.15, 0.2) is 47.4 Å². The number of rotatable bonds is 5. The van der Waals surface area contributed by atoms with Gasteiger partial charge in [0.15, 0.2) is 0 Å². The van der Waals surface area contributed by atoms with Crippen LogP contribution in [0.4, 0.5) is 11.4 Å². The number of carbonyl (C=O) groups excluding carboxylic acids is 1. The molecule has 0 aliphatic carbocycles. The Hall–Kier alpha value is -1.69. The van der Waals surface area contributed by atoms with Gasteiger partial charge in [0, 0.05) is 47.5 Å². The molecule has 2 aromatic rings. The number of amides is 1. The summed E-state index contributed by atoms with van der Waals surface area (Å²) in [5, 5.41) is 3.55. The molecule has 1 saturated heterocycles. The fourth-order valence-corrected chi connectivity index (χ4v) is 4.14. The van der Waals surface area contributed by atoms with E-state index in [-0.39, 0.29) is 11.2 Å². The van der Waals surface area contributed by atoms with Gasteiger partial charge in [-0.05, 0) is 68.9 Å². The van der Waals surface area contributed by atoms with Crippen molar-refractivity contribution in [2.45, 2.75) is 24.0 Å². The van der Waals surface area contributed by atoms with Gasteiger partial charge in [-0.2, -0.15) is 0 Å². The first-order chi connectivity index (χ1) is 12.9. The van der Waals surface area contributed by atoms with Crippen LogP contribution in [0, 0.1) is 6.92 Å². The molecule has 0 spiro atoms. The van der Waals surface area contributed by atoms with E-state index in [4.69, 9.17) is 11.6 Å². The highest BCUT2D eigenvalue weighted by atomic mass is 35.5. The van der Waals surface area contributed by atoms with Crippen LogP contribution < -0.4 is 10.2 Å². The number of nitrogens with one attached hydrogen (secondary N) is 1. The number of anilines is 2. The highest BCUT2D eigenvalue weighted by Gasteiger charge is 2.18. The van der Waals surface area contributed by atoms with E-state index in [1.807, 2.05) is 37.3 Å². The summed E-state index contributed by atoms with van der Waals surface area (Å²) < 4.78 is 0. The van der Waals surface area contributed by atoms with Gasteiger partial charge in [0.25, 0.3) is 0 Å². The molecule has 1 unspecified atom stereocenters. The third-order valence-electron chi connectivity index (χ3n) is 4.80. The number of aryl methyl sites for hydroxylation is 1. The number of benzene rings is 2. The summed E-state index contributed by atoms with van der Waals surface area (Å²) >= 11 is 7.44. The zero-order valence-corrected chi connectivity index (χ0v) is 17.6. The maximum absolute atomic E-state index is 12.5. The molecule has 1 fully saturated rings. The molecule has 1 atom stereocenters. The van der Waals surface area contributed by atoms with Crippen LogP contribution in [0.5, 0.6) is 0 Å². The molecule has 1 aliphatic heterocycles. The van der Waals surface area contributed by atoms with E-state index in [1.165, 1.54) is 23.0 Å². The Morgan fingerprint density at radius 2 is 1.78 bits per heavy atom. The number of hydrogen-bond acceptors (Lipinski definition) is 4. The minimum atomic E-state index is -0.191. The van der Waals surface area contributed by atoms with Crippen molar-refractivity contribution < 1.29 is 4.79 Å². The summed E-state index contributed by atoms with van der Waals surface area (Å²) in [5.41, 5.74) is 3.29. The first-order valence-corrected chi connectivity index (χ1v) is 10.5. The van der Waals surface area contributed by atoms with Crippen molar-refractivity contribution in [1.82, 2.24) is 4.90 Å². The molecular weight excluding hydrogens is 378 g/mol. The highest BCUT2D eigenvalue weighted by molar-refractivity contribution is 8.00. The molecule has 4 nitrogen and oxygen atoms in total. The van der Waals surface area contributed by atoms with Crippen LogP contribution >= 0.6 is 23.4 Å². The predicted octanol–water partition coefficient (Wildman–Crippen LogP) is 4.52. The van der Waals surface area contributed by atoms with Crippen LogP contribution in [-0.4, -0.2) is 49.3 Å². The summed E-state index contributed by atoms with van der Waals surface area (Å²) in [6, 6.07) is 13.7. The van der Waals surface area contributed by atoms with Crippen LogP contribution in [-0.2, 0) is 4.79 Å². The summed E-state index contributed by atoms with van der Waals surface area (Å²) in [6.07, 6.45) is 0. The Kier molecular flexibility index (Phi) is 6.68. The lowest BCUT2D eigenvalue weighted by molar-refractivity contribution is -0.115. The zero-order chi connectivity index (χ0) is 19.4. The summed E-state index contributed by atoms with van der Waals surface area (Å²) in [5.74, 6) is 0.00157. The van der Waals surface area contributed by atoms with Crippen LogP contribution in [0.25, 0.3) is 0 Å². The van der Waals surface area contributed by atoms with Gasteiger partial charge in [-0.25, -0.2) is 0 Å². The molecule has 0 bridgehead atoms. The minimum absolute atomic E-state index is 0.00157. The molecule has 144 valence electrons. The maximum Gasteiger partial charge on any atom is 0.237 e. The van der Waals surface area contributed by atoms with Gasteiger partial charge < -0.3 is 15.1 Å². The second-order valence-electron chi connectivity index (χ2n) is 6.99. The second kappa shape index (κ2) is 9.00. The fourth-order valence-electron chi connectivity index (χ4n) is 3.15. The number of thioether (sulfide) groups is 1. The third kappa shape index (κ3) is 5.41. The molecular formula is C21H26ClN3OS. The SMILES string of the molecule is Cc1cc(NC(=O)C(C)Sc2ccc(Cl)cc2)ccc1N1CCN(C)CC1. The Bertz CT molecular complexity index is 789. The summed E-state index contributed by atoms with van der Waals surface area (Å²) in [6.45, 7) is 8.26. The molecule has 1 heterocycles. The monoisotopic (exact) mass is 403 g/mol. The van der Waals surface area contributed by atoms with Gasteiger partial charge in [-0.15, -0.1) is 11.8 Å². The van der Waals surface area contributed by atoms with Crippen molar-refractivity contribution >= 4 is 40.6 Å². The first kappa shape index (κ1) is 20.1. The van der Waals surface area contributed by atoms with Gasteiger partial charge in [-0.3, -0.25) is 4.79 Å². The van der Waals surface area contributed by atoms with E-state index in [0.29, 0.717) is 5.02 Å². The van der Waals surface area contributed by atoms with Gasteiger partial charge >= 0.3 is 0 Å². The van der Waals surface area contributed by atoms with Crippen molar-refractivity contribution in [2.24, 2.45) is 0 Å². The molecule has 6 heteroatoms. The van der Waals surface area contributed by atoms with Gasteiger partial charge in [0.05, 0.1) is 5.25 Å². The number of carbonyl (C=O) groups is 1. The Labute approximate surface area is 170 Å². The number of likely N-dealkylation sites (N-methyl/N-ethyl adjacent to an activating group) is 1. The number of piperazine rings is 1. The molecule has 1 N–H and O–H groups in total. The van der Waals surface area contributed by atoms with E-state index in [9.17, 15) is 4.79 Å². The van der Waals surface area contributed by atoms with Crippen molar-refractivity contribution in [3.05, 3.63) is 53.1 Å². The molecule has 1 aliphatic rings. The van der Waals surface area contributed by atoms with Crippen LogP contribution in [0.1, 0.15) is 12.5 Å². The average Bonchev–Trinajstić information content (AvgIpc) is 2.64. The molecule has 3 rings (SSSR count). The Morgan fingerprint density at radius 3 is 2.41 bits per heavy atom. The quantitative estimate of drug-likeness (QED) is 0.744. The van der Waals surface area contributed by atoms with Crippen LogP contribution in [0.2, 0.25) is 5.02 Å². The molecule has 27 heavy (non-hydrogen) atoms. The molecule has 2 aromatic carbocycles. The predicted molar refractivity (Wildman–Crippen MR) is 116 cm³/mol. The van der Waals surface area contributed by atoms with E-state index in [1.54, 1.807) is 0 Å². The lowest BCUT2D eigenvalue weighted by Crippen LogP contribution is -2.44. The van der Waals surface area contributed by atoms with Crippen molar-refractivity contribution in [2.75, 3.05) is 43.4 Å². The first-order valence-electron chi connectivity index (χ1n) is 9.19. The Morgan fingerprint density at radius 1 is 1.11 bits per heavy atom. The maximum atomic E-state index is 12.5. The van der Waals surface area contributed by atoms with E-state index in [2.05, 4.69) is 41.2 Å². The lowest BCUT2D eigenvalue weighted by Gasteiger charge is -2.35. The fraction of sp³-hybridized carbons (Fsp3) is 0.381. The second-order valence-corrected chi connectivity index (χ2v) is 8.85. The number of nitrogens with zero attached hydrogens (tertiary/aromatic N) is 2. The normalized spacial score (nSPS) is 16.2. The largest absolute Gasteiger partial charge is 0.369 e.